The average Bonchev–Trinajstić information content (AvgIpc) is 2.73. The van der Waals surface area contributed by atoms with Gasteiger partial charge in [-0.2, -0.15) is 0 Å². The number of urea groups is 1. The van der Waals surface area contributed by atoms with Crippen molar-refractivity contribution in [2.75, 3.05) is 13.2 Å². The lowest BCUT2D eigenvalue weighted by Gasteiger charge is -2.18. The minimum Gasteiger partial charge on any atom is -0.394 e. The number of carbonyl (C=O) groups excluding carboxylic acids is 1. The van der Waals surface area contributed by atoms with Crippen molar-refractivity contribution in [1.82, 2.24) is 15.6 Å². The average molecular weight is 285 g/mol. The van der Waals surface area contributed by atoms with Gasteiger partial charge in [0.05, 0.1) is 17.7 Å². The predicted octanol–water partition coefficient (Wildman–Crippen LogP) is 1.70. The van der Waals surface area contributed by atoms with Crippen LogP contribution in [0.1, 0.15) is 30.2 Å². The van der Waals surface area contributed by atoms with Crippen LogP contribution in [0, 0.1) is 12.8 Å². The third-order valence-electron chi connectivity index (χ3n) is 2.61. The molecule has 0 spiro atoms. The number of rotatable bonds is 7. The molecule has 0 saturated heterocycles. The van der Waals surface area contributed by atoms with Gasteiger partial charge < -0.3 is 15.7 Å². The fourth-order valence-corrected chi connectivity index (χ4v) is 2.57. The molecule has 0 fully saturated rings. The van der Waals surface area contributed by atoms with Crippen LogP contribution < -0.4 is 10.6 Å². The molecular weight excluding hydrogens is 262 g/mol. The van der Waals surface area contributed by atoms with E-state index in [0.29, 0.717) is 12.5 Å². The van der Waals surface area contributed by atoms with Gasteiger partial charge in [0.2, 0.25) is 0 Å². The van der Waals surface area contributed by atoms with Crippen molar-refractivity contribution in [3.63, 3.8) is 0 Å². The maximum absolute atomic E-state index is 11.6. The molecule has 0 aromatic carbocycles. The first-order valence-electron chi connectivity index (χ1n) is 6.57. The lowest BCUT2D eigenvalue weighted by Crippen LogP contribution is -2.44. The minimum atomic E-state index is -0.229. The van der Waals surface area contributed by atoms with Crippen molar-refractivity contribution in [3.8, 4) is 0 Å². The molecule has 3 N–H and O–H groups in total. The highest BCUT2D eigenvalue weighted by Gasteiger charge is 2.12. The summed E-state index contributed by atoms with van der Waals surface area (Å²) in [5.41, 5.74) is 0. The minimum absolute atomic E-state index is 0.0305. The van der Waals surface area contributed by atoms with E-state index >= 15 is 0 Å². The van der Waals surface area contributed by atoms with Crippen LogP contribution >= 0.6 is 11.3 Å². The molecule has 0 radical (unpaired) electrons. The van der Waals surface area contributed by atoms with Crippen LogP contribution in [0.4, 0.5) is 4.79 Å². The Morgan fingerprint density at radius 1 is 1.53 bits per heavy atom. The molecule has 0 aliphatic heterocycles. The Morgan fingerprint density at radius 2 is 2.26 bits per heavy atom. The molecule has 1 aromatic heterocycles. The Labute approximate surface area is 118 Å². The fourth-order valence-electron chi connectivity index (χ4n) is 1.78. The fraction of sp³-hybridized carbons (Fsp3) is 0.692. The van der Waals surface area contributed by atoms with Crippen molar-refractivity contribution in [2.45, 2.75) is 39.7 Å². The summed E-state index contributed by atoms with van der Waals surface area (Å²) in [6.07, 6.45) is 3.35. The maximum Gasteiger partial charge on any atom is 0.315 e. The Bertz CT molecular complexity index is 393. The van der Waals surface area contributed by atoms with Crippen LogP contribution in [0.25, 0.3) is 0 Å². The SMILES string of the molecule is Cc1cnc(CCNC(=O)NC(CO)CC(C)C)s1. The quantitative estimate of drug-likeness (QED) is 0.714. The van der Waals surface area contributed by atoms with E-state index in [-0.39, 0.29) is 18.7 Å². The summed E-state index contributed by atoms with van der Waals surface area (Å²) in [6, 6.07) is -0.407. The molecule has 1 rings (SSSR count). The number of amides is 2. The molecule has 2 amide bonds. The topological polar surface area (TPSA) is 74.2 Å². The van der Waals surface area contributed by atoms with Gasteiger partial charge in [-0.05, 0) is 19.3 Å². The zero-order chi connectivity index (χ0) is 14.3. The van der Waals surface area contributed by atoms with Crippen LogP contribution in [-0.4, -0.2) is 35.3 Å². The van der Waals surface area contributed by atoms with Gasteiger partial charge >= 0.3 is 6.03 Å². The van der Waals surface area contributed by atoms with Gasteiger partial charge in [-0.1, -0.05) is 13.8 Å². The maximum atomic E-state index is 11.6. The van der Waals surface area contributed by atoms with E-state index in [1.165, 1.54) is 4.88 Å². The number of aromatic nitrogens is 1. The zero-order valence-corrected chi connectivity index (χ0v) is 12.6. The first-order chi connectivity index (χ1) is 9.01. The number of nitrogens with zero attached hydrogens (tertiary/aromatic N) is 1. The number of aliphatic hydroxyl groups excluding tert-OH is 1. The summed E-state index contributed by atoms with van der Waals surface area (Å²) in [4.78, 5) is 17.1. The van der Waals surface area contributed by atoms with E-state index in [4.69, 9.17) is 0 Å². The zero-order valence-electron chi connectivity index (χ0n) is 11.8. The molecule has 1 heterocycles. The molecule has 0 bridgehead atoms. The van der Waals surface area contributed by atoms with Crippen molar-refractivity contribution in [2.24, 2.45) is 5.92 Å². The molecule has 1 atom stereocenters. The second-order valence-corrected chi connectivity index (χ2v) is 6.34. The van der Waals surface area contributed by atoms with Crippen molar-refractivity contribution >= 4 is 17.4 Å². The van der Waals surface area contributed by atoms with E-state index in [0.717, 1.165) is 17.8 Å². The Balaban J connectivity index is 2.23. The van der Waals surface area contributed by atoms with Gasteiger partial charge in [0.25, 0.3) is 0 Å². The third-order valence-corrected chi connectivity index (χ3v) is 3.58. The molecule has 1 unspecified atom stereocenters. The summed E-state index contributed by atoms with van der Waals surface area (Å²) >= 11 is 1.64. The first-order valence-corrected chi connectivity index (χ1v) is 7.39. The number of nitrogens with one attached hydrogen (secondary N) is 2. The van der Waals surface area contributed by atoms with Crippen LogP contribution in [0.15, 0.2) is 6.20 Å². The van der Waals surface area contributed by atoms with Gasteiger partial charge in [0.1, 0.15) is 0 Å². The number of aryl methyl sites for hydroxylation is 1. The van der Waals surface area contributed by atoms with Crippen molar-refractivity contribution < 1.29 is 9.90 Å². The number of thiazole rings is 1. The first kappa shape index (κ1) is 15.9. The van der Waals surface area contributed by atoms with E-state index in [1.54, 1.807) is 11.3 Å². The number of carbonyl (C=O) groups is 1. The van der Waals surface area contributed by atoms with Gasteiger partial charge in [-0.3, -0.25) is 0 Å². The standard InChI is InChI=1S/C13H23N3O2S/c1-9(2)6-11(8-17)16-13(18)14-5-4-12-15-7-10(3)19-12/h7,9,11,17H,4-6,8H2,1-3H3,(H2,14,16,18). The van der Waals surface area contributed by atoms with Crippen LogP contribution in [-0.2, 0) is 6.42 Å². The molecule has 6 heteroatoms. The van der Waals surface area contributed by atoms with Crippen LogP contribution in [0.3, 0.4) is 0 Å². The summed E-state index contributed by atoms with van der Waals surface area (Å²) in [6.45, 7) is 6.66. The largest absolute Gasteiger partial charge is 0.394 e. The van der Waals surface area contributed by atoms with Crippen LogP contribution in [0.5, 0.6) is 0 Å². The van der Waals surface area contributed by atoms with E-state index in [9.17, 15) is 9.90 Å². The number of hydrogen-bond acceptors (Lipinski definition) is 4. The van der Waals surface area contributed by atoms with Gasteiger partial charge in [-0.25, -0.2) is 9.78 Å². The normalized spacial score (nSPS) is 12.5. The molecule has 0 aliphatic carbocycles. The molecule has 108 valence electrons. The second-order valence-electron chi connectivity index (χ2n) is 5.02. The predicted molar refractivity (Wildman–Crippen MR) is 77.4 cm³/mol. The lowest BCUT2D eigenvalue weighted by atomic mass is 10.0. The molecule has 19 heavy (non-hydrogen) atoms. The molecular formula is C13H23N3O2S. The van der Waals surface area contributed by atoms with E-state index in [2.05, 4.69) is 29.5 Å². The smallest absolute Gasteiger partial charge is 0.315 e. The number of hydrogen-bond donors (Lipinski definition) is 3. The number of aliphatic hydroxyl groups is 1. The summed E-state index contributed by atoms with van der Waals surface area (Å²) in [7, 11) is 0. The van der Waals surface area contributed by atoms with Gasteiger partial charge in [-0.15, -0.1) is 11.3 Å². The van der Waals surface area contributed by atoms with Crippen LogP contribution in [0.2, 0.25) is 0 Å². The highest BCUT2D eigenvalue weighted by Crippen LogP contribution is 2.10. The van der Waals surface area contributed by atoms with Crippen molar-refractivity contribution in [1.29, 1.82) is 0 Å². The molecule has 0 aliphatic rings. The Hall–Kier alpha value is -1.14. The molecule has 5 nitrogen and oxygen atoms in total. The highest BCUT2D eigenvalue weighted by atomic mass is 32.1. The second kappa shape index (κ2) is 8.12. The molecule has 0 saturated carbocycles. The summed E-state index contributed by atoms with van der Waals surface area (Å²) < 4.78 is 0. The summed E-state index contributed by atoms with van der Waals surface area (Å²) in [5.74, 6) is 0.441. The van der Waals surface area contributed by atoms with Crippen molar-refractivity contribution in [3.05, 3.63) is 16.1 Å². The molecule has 1 aromatic rings. The Kier molecular flexibility index (Phi) is 6.80. The highest BCUT2D eigenvalue weighted by molar-refractivity contribution is 7.11. The third kappa shape index (κ3) is 6.54. The van der Waals surface area contributed by atoms with Gasteiger partial charge in [0, 0.05) is 24.0 Å². The summed E-state index contributed by atoms with van der Waals surface area (Å²) in [5, 5.41) is 15.8. The van der Waals surface area contributed by atoms with E-state index < -0.39 is 0 Å². The Morgan fingerprint density at radius 3 is 2.79 bits per heavy atom. The monoisotopic (exact) mass is 285 g/mol. The van der Waals surface area contributed by atoms with Gasteiger partial charge in [0.15, 0.2) is 0 Å². The lowest BCUT2D eigenvalue weighted by molar-refractivity contribution is 0.207. The van der Waals surface area contributed by atoms with E-state index in [1.807, 2.05) is 13.1 Å².